The van der Waals surface area contributed by atoms with Gasteiger partial charge in [0.2, 0.25) is 0 Å². The van der Waals surface area contributed by atoms with Crippen molar-refractivity contribution >= 4 is 0 Å². The van der Waals surface area contributed by atoms with Gasteiger partial charge in [-0.25, -0.2) is 9.97 Å². The Hall–Kier alpha value is -2.19. The Kier molecular flexibility index (Phi) is 3.25. The van der Waals surface area contributed by atoms with Crippen LogP contribution in [0.3, 0.4) is 0 Å². The molecule has 0 aromatic carbocycles. The van der Waals surface area contributed by atoms with Crippen molar-refractivity contribution < 1.29 is 0 Å². The first kappa shape index (κ1) is 11.9. The Balaban J connectivity index is 1.67. The lowest BCUT2D eigenvalue weighted by Crippen LogP contribution is -2.15. The first-order valence-corrected chi connectivity index (χ1v) is 6.43. The van der Waals surface area contributed by atoms with Crippen LogP contribution in [0, 0.1) is 11.3 Å². The molecule has 2 heterocycles. The molecule has 0 radical (unpaired) electrons. The number of nitrogens with zero attached hydrogens (tertiary/aromatic N) is 4. The highest BCUT2D eigenvalue weighted by Gasteiger charge is 2.20. The maximum Gasteiger partial charge on any atom is 0.145 e. The van der Waals surface area contributed by atoms with Crippen LogP contribution in [0.1, 0.15) is 29.8 Å². The van der Waals surface area contributed by atoms with Crippen LogP contribution in [0.25, 0.3) is 0 Å². The predicted molar refractivity (Wildman–Crippen MR) is 70.1 cm³/mol. The van der Waals surface area contributed by atoms with E-state index >= 15 is 0 Å². The Labute approximate surface area is 111 Å². The molecule has 5 heteroatoms. The zero-order valence-electron chi connectivity index (χ0n) is 10.6. The summed E-state index contributed by atoms with van der Waals surface area (Å²) in [6.07, 6.45) is 8.02. The van der Waals surface area contributed by atoms with Crippen molar-refractivity contribution in [1.82, 2.24) is 19.9 Å². The summed E-state index contributed by atoms with van der Waals surface area (Å²) in [6, 6.07) is 6.58. The first-order chi connectivity index (χ1) is 9.35. The molecule has 96 valence electrons. The Morgan fingerprint density at radius 2 is 2.32 bits per heavy atom. The maximum absolute atomic E-state index is 9.01. The smallest absolute Gasteiger partial charge is 0.145 e. The van der Waals surface area contributed by atoms with Crippen LogP contribution in [-0.2, 0) is 13.1 Å². The summed E-state index contributed by atoms with van der Waals surface area (Å²) in [4.78, 5) is 8.43. The third kappa shape index (κ3) is 2.98. The number of imidazole rings is 1. The number of pyridine rings is 1. The summed E-state index contributed by atoms with van der Waals surface area (Å²) in [6.45, 7) is 1.45. The number of hydrogen-bond acceptors (Lipinski definition) is 4. The lowest BCUT2D eigenvalue weighted by Gasteiger charge is -2.03. The third-order valence-electron chi connectivity index (χ3n) is 3.19. The van der Waals surface area contributed by atoms with Crippen LogP contribution >= 0.6 is 0 Å². The van der Waals surface area contributed by atoms with Crippen molar-refractivity contribution in [3.63, 3.8) is 0 Å². The minimum absolute atomic E-state index is 0.480. The van der Waals surface area contributed by atoms with Crippen LogP contribution in [0.2, 0.25) is 0 Å². The molecule has 1 fully saturated rings. The van der Waals surface area contributed by atoms with Gasteiger partial charge in [-0.15, -0.1) is 0 Å². The average Bonchev–Trinajstić information content (AvgIpc) is 3.17. The molecule has 0 aliphatic heterocycles. The SMILES string of the molecule is N#Cc1ncccc1Cn1cnc(CNC2CC2)c1. The molecule has 19 heavy (non-hydrogen) atoms. The summed E-state index contributed by atoms with van der Waals surface area (Å²) >= 11 is 0. The van der Waals surface area contributed by atoms with Gasteiger partial charge in [0.05, 0.1) is 18.6 Å². The molecule has 0 saturated heterocycles. The van der Waals surface area contributed by atoms with E-state index in [1.54, 1.807) is 12.5 Å². The van der Waals surface area contributed by atoms with Crippen LogP contribution in [0.4, 0.5) is 0 Å². The quantitative estimate of drug-likeness (QED) is 0.875. The van der Waals surface area contributed by atoms with Crippen LogP contribution in [0.5, 0.6) is 0 Å². The molecular formula is C14H15N5. The first-order valence-electron chi connectivity index (χ1n) is 6.43. The molecule has 2 aromatic rings. The van der Waals surface area contributed by atoms with Crippen molar-refractivity contribution in [1.29, 1.82) is 5.26 Å². The van der Waals surface area contributed by atoms with Crippen LogP contribution in [-0.4, -0.2) is 20.6 Å². The van der Waals surface area contributed by atoms with Gasteiger partial charge in [0.15, 0.2) is 0 Å². The summed E-state index contributed by atoms with van der Waals surface area (Å²) in [5.74, 6) is 0. The molecule has 1 aliphatic carbocycles. The van der Waals surface area contributed by atoms with Crippen molar-refractivity contribution in [2.45, 2.75) is 32.0 Å². The Morgan fingerprint density at radius 3 is 3.11 bits per heavy atom. The summed E-state index contributed by atoms with van der Waals surface area (Å²) in [5.41, 5.74) is 2.44. The van der Waals surface area contributed by atoms with E-state index in [0.29, 0.717) is 18.3 Å². The monoisotopic (exact) mass is 253 g/mol. The summed E-state index contributed by atoms with van der Waals surface area (Å²) in [7, 11) is 0. The van der Waals surface area contributed by atoms with E-state index in [1.165, 1.54) is 12.8 Å². The molecule has 0 atom stereocenters. The van der Waals surface area contributed by atoms with Gasteiger partial charge in [0, 0.05) is 30.5 Å². The van der Waals surface area contributed by atoms with Gasteiger partial charge in [-0.2, -0.15) is 5.26 Å². The van der Waals surface area contributed by atoms with E-state index in [-0.39, 0.29) is 0 Å². The fourth-order valence-corrected chi connectivity index (χ4v) is 1.98. The fraction of sp³-hybridized carbons (Fsp3) is 0.357. The van der Waals surface area contributed by atoms with Crippen LogP contribution < -0.4 is 5.32 Å². The highest BCUT2D eigenvalue weighted by atomic mass is 15.1. The number of nitriles is 1. The molecule has 0 amide bonds. The van der Waals surface area contributed by atoms with E-state index in [1.807, 2.05) is 22.9 Å². The minimum Gasteiger partial charge on any atom is -0.333 e. The molecule has 2 aromatic heterocycles. The van der Waals surface area contributed by atoms with Crippen molar-refractivity contribution in [2.24, 2.45) is 0 Å². The van der Waals surface area contributed by atoms with Crippen molar-refractivity contribution in [3.05, 3.63) is 47.8 Å². The molecule has 1 saturated carbocycles. The zero-order chi connectivity index (χ0) is 13.1. The van der Waals surface area contributed by atoms with Gasteiger partial charge in [-0.05, 0) is 18.9 Å². The molecule has 0 spiro atoms. The summed E-state index contributed by atoms with van der Waals surface area (Å²) in [5, 5.41) is 12.4. The van der Waals surface area contributed by atoms with Crippen molar-refractivity contribution in [3.8, 4) is 6.07 Å². The highest BCUT2D eigenvalue weighted by molar-refractivity contribution is 5.30. The normalized spacial score (nSPS) is 14.3. The largest absolute Gasteiger partial charge is 0.333 e. The molecule has 0 bridgehead atoms. The minimum atomic E-state index is 0.480. The Morgan fingerprint density at radius 1 is 1.42 bits per heavy atom. The maximum atomic E-state index is 9.01. The van der Waals surface area contributed by atoms with E-state index < -0.39 is 0 Å². The summed E-state index contributed by atoms with van der Waals surface area (Å²) < 4.78 is 1.99. The third-order valence-corrected chi connectivity index (χ3v) is 3.19. The van der Waals surface area contributed by atoms with Gasteiger partial charge in [0.1, 0.15) is 11.8 Å². The highest BCUT2D eigenvalue weighted by Crippen LogP contribution is 2.19. The number of aromatic nitrogens is 3. The number of rotatable bonds is 5. The molecule has 1 N–H and O–H groups in total. The van der Waals surface area contributed by atoms with Crippen LogP contribution in [0.15, 0.2) is 30.9 Å². The van der Waals surface area contributed by atoms with Crippen molar-refractivity contribution in [2.75, 3.05) is 0 Å². The van der Waals surface area contributed by atoms with Gasteiger partial charge in [-0.3, -0.25) is 0 Å². The van der Waals surface area contributed by atoms with E-state index in [0.717, 1.165) is 17.8 Å². The van der Waals surface area contributed by atoms with Gasteiger partial charge in [-0.1, -0.05) is 6.07 Å². The molecule has 0 unspecified atom stereocenters. The van der Waals surface area contributed by atoms with E-state index in [4.69, 9.17) is 5.26 Å². The molecule has 5 nitrogen and oxygen atoms in total. The molecule has 1 aliphatic rings. The Bertz CT molecular complexity index is 606. The van der Waals surface area contributed by atoms with Gasteiger partial charge >= 0.3 is 0 Å². The topological polar surface area (TPSA) is 66.5 Å². The predicted octanol–water partition coefficient (Wildman–Crippen LogP) is 1.45. The number of nitrogens with one attached hydrogen (secondary N) is 1. The second-order valence-electron chi connectivity index (χ2n) is 4.82. The molecular weight excluding hydrogens is 238 g/mol. The lowest BCUT2D eigenvalue weighted by atomic mass is 10.2. The average molecular weight is 253 g/mol. The van der Waals surface area contributed by atoms with Gasteiger partial charge < -0.3 is 9.88 Å². The standard InChI is InChI=1S/C14H15N5/c15-6-14-11(2-1-5-16-14)8-19-9-13(18-10-19)7-17-12-3-4-12/h1-2,5,9-10,12,17H,3-4,7-8H2. The second-order valence-corrected chi connectivity index (χ2v) is 4.82. The van der Waals surface area contributed by atoms with Gasteiger partial charge in [0.25, 0.3) is 0 Å². The lowest BCUT2D eigenvalue weighted by molar-refractivity contribution is 0.676. The van der Waals surface area contributed by atoms with E-state index in [9.17, 15) is 0 Å². The van der Waals surface area contributed by atoms with E-state index in [2.05, 4.69) is 21.4 Å². The second kappa shape index (κ2) is 5.21. The molecule has 3 rings (SSSR count). The number of hydrogen-bond donors (Lipinski definition) is 1. The fourth-order valence-electron chi connectivity index (χ4n) is 1.98. The zero-order valence-corrected chi connectivity index (χ0v) is 10.6.